The highest BCUT2D eigenvalue weighted by Gasteiger charge is 2.07. The number of carbonyl (C=O) groups is 1. The van der Waals surface area contributed by atoms with Crippen LogP contribution in [-0.2, 0) is 18.3 Å². The van der Waals surface area contributed by atoms with Gasteiger partial charge in [0.25, 0.3) is 0 Å². The number of hydrogen-bond acceptors (Lipinski definition) is 3. The van der Waals surface area contributed by atoms with Gasteiger partial charge in [0.15, 0.2) is 0 Å². The van der Waals surface area contributed by atoms with Crippen molar-refractivity contribution in [3.8, 4) is 0 Å². The van der Waals surface area contributed by atoms with Gasteiger partial charge in [-0.1, -0.05) is 6.92 Å². The Morgan fingerprint density at radius 2 is 2.35 bits per heavy atom. The predicted molar refractivity (Wildman–Crippen MR) is 67.7 cm³/mol. The van der Waals surface area contributed by atoms with Crippen LogP contribution >= 0.6 is 0 Å². The van der Waals surface area contributed by atoms with Crippen LogP contribution < -0.4 is 10.6 Å². The van der Waals surface area contributed by atoms with Crippen molar-refractivity contribution < 1.29 is 4.79 Å². The molecule has 17 heavy (non-hydrogen) atoms. The molecular formula is C12H22N4O. The van der Waals surface area contributed by atoms with Crippen LogP contribution in [0.1, 0.15) is 26.0 Å². The first-order chi connectivity index (χ1) is 8.13. The number of amides is 1. The molecule has 0 bridgehead atoms. The number of aryl methyl sites for hydroxylation is 1. The van der Waals surface area contributed by atoms with Crippen LogP contribution in [0.15, 0.2) is 12.3 Å². The van der Waals surface area contributed by atoms with E-state index < -0.39 is 0 Å². The molecular weight excluding hydrogens is 216 g/mol. The number of nitrogens with one attached hydrogen (secondary N) is 2. The Morgan fingerprint density at radius 3 is 2.94 bits per heavy atom. The average molecular weight is 238 g/mol. The van der Waals surface area contributed by atoms with Crippen molar-refractivity contribution in [3.63, 3.8) is 0 Å². The number of nitrogens with zero attached hydrogens (tertiary/aromatic N) is 2. The molecule has 1 aromatic rings. The topological polar surface area (TPSA) is 59.0 Å². The summed E-state index contributed by atoms with van der Waals surface area (Å²) in [5, 5.41) is 10.2. The maximum atomic E-state index is 11.6. The first kappa shape index (κ1) is 13.7. The van der Waals surface area contributed by atoms with Crippen LogP contribution in [0.4, 0.5) is 0 Å². The van der Waals surface area contributed by atoms with Gasteiger partial charge >= 0.3 is 0 Å². The van der Waals surface area contributed by atoms with Gasteiger partial charge in [0.1, 0.15) is 0 Å². The van der Waals surface area contributed by atoms with Gasteiger partial charge in [0.2, 0.25) is 5.91 Å². The second-order valence-electron chi connectivity index (χ2n) is 4.21. The molecule has 1 rings (SSSR count). The van der Waals surface area contributed by atoms with Crippen LogP contribution in [-0.4, -0.2) is 34.8 Å². The standard InChI is InChI=1S/C12H22N4O/c1-4-13-10(2)9-12(17)14-7-5-11-6-8-15-16(11)3/h6,8,10,13H,4-5,7,9H2,1-3H3,(H,14,17). The van der Waals surface area contributed by atoms with Gasteiger partial charge in [-0.15, -0.1) is 0 Å². The molecule has 2 N–H and O–H groups in total. The summed E-state index contributed by atoms with van der Waals surface area (Å²) in [4.78, 5) is 11.6. The fourth-order valence-corrected chi connectivity index (χ4v) is 1.75. The van der Waals surface area contributed by atoms with Crippen molar-refractivity contribution in [3.05, 3.63) is 18.0 Å². The van der Waals surface area contributed by atoms with Crippen LogP contribution in [0, 0.1) is 0 Å². The molecule has 1 aromatic heterocycles. The Hall–Kier alpha value is -1.36. The predicted octanol–water partition coefficient (Wildman–Crippen LogP) is 0.467. The first-order valence-electron chi connectivity index (χ1n) is 6.10. The van der Waals surface area contributed by atoms with E-state index in [9.17, 15) is 4.79 Å². The Bertz CT molecular complexity index is 348. The monoisotopic (exact) mass is 238 g/mol. The molecule has 96 valence electrons. The smallest absolute Gasteiger partial charge is 0.221 e. The van der Waals surface area contributed by atoms with E-state index in [2.05, 4.69) is 15.7 Å². The lowest BCUT2D eigenvalue weighted by molar-refractivity contribution is -0.121. The van der Waals surface area contributed by atoms with E-state index in [4.69, 9.17) is 0 Å². The lowest BCUT2D eigenvalue weighted by atomic mass is 10.2. The van der Waals surface area contributed by atoms with Gasteiger partial charge < -0.3 is 10.6 Å². The Balaban J connectivity index is 2.18. The molecule has 0 aliphatic heterocycles. The molecule has 1 amide bonds. The van der Waals surface area contributed by atoms with Crippen LogP contribution in [0.5, 0.6) is 0 Å². The van der Waals surface area contributed by atoms with E-state index in [-0.39, 0.29) is 11.9 Å². The average Bonchev–Trinajstić information content (AvgIpc) is 2.64. The van der Waals surface area contributed by atoms with E-state index >= 15 is 0 Å². The van der Waals surface area contributed by atoms with Gasteiger partial charge in [-0.05, 0) is 19.5 Å². The van der Waals surface area contributed by atoms with E-state index in [1.54, 1.807) is 6.20 Å². The van der Waals surface area contributed by atoms with Gasteiger partial charge in [-0.2, -0.15) is 5.10 Å². The fraction of sp³-hybridized carbons (Fsp3) is 0.667. The summed E-state index contributed by atoms with van der Waals surface area (Å²) in [6.07, 6.45) is 3.11. The molecule has 0 spiro atoms. The van der Waals surface area contributed by atoms with Crippen molar-refractivity contribution in [2.24, 2.45) is 7.05 Å². The summed E-state index contributed by atoms with van der Waals surface area (Å²) in [7, 11) is 1.91. The molecule has 5 heteroatoms. The zero-order valence-corrected chi connectivity index (χ0v) is 10.9. The minimum Gasteiger partial charge on any atom is -0.356 e. The third-order valence-corrected chi connectivity index (χ3v) is 2.67. The SMILES string of the molecule is CCNC(C)CC(=O)NCCc1ccnn1C. The third-order valence-electron chi connectivity index (χ3n) is 2.67. The van der Waals surface area contributed by atoms with Crippen LogP contribution in [0.3, 0.4) is 0 Å². The maximum absolute atomic E-state index is 11.6. The molecule has 1 unspecified atom stereocenters. The Morgan fingerprint density at radius 1 is 1.59 bits per heavy atom. The third kappa shape index (κ3) is 4.99. The largest absolute Gasteiger partial charge is 0.356 e. The highest BCUT2D eigenvalue weighted by atomic mass is 16.1. The zero-order valence-electron chi connectivity index (χ0n) is 10.9. The molecule has 0 aromatic carbocycles. The molecule has 5 nitrogen and oxygen atoms in total. The highest BCUT2D eigenvalue weighted by Crippen LogP contribution is 1.96. The molecule has 0 radical (unpaired) electrons. The maximum Gasteiger partial charge on any atom is 0.221 e. The molecule has 0 aliphatic rings. The van der Waals surface area contributed by atoms with Crippen LogP contribution in [0.25, 0.3) is 0 Å². The molecule has 1 heterocycles. The Kier molecular flexibility index (Phi) is 5.69. The van der Waals surface area contributed by atoms with Crippen molar-refractivity contribution in [1.82, 2.24) is 20.4 Å². The van der Waals surface area contributed by atoms with E-state index in [1.807, 2.05) is 31.6 Å². The number of rotatable bonds is 7. The summed E-state index contributed by atoms with van der Waals surface area (Å²) >= 11 is 0. The molecule has 0 saturated carbocycles. The summed E-state index contributed by atoms with van der Waals surface area (Å²) in [5.74, 6) is 0.0978. The van der Waals surface area contributed by atoms with Crippen molar-refractivity contribution in [2.45, 2.75) is 32.7 Å². The minimum absolute atomic E-state index is 0.0978. The van der Waals surface area contributed by atoms with Crippen molar-refractivity contribution in [1.29, 1.82) is 0 Å². The Labute approximate surface area is 103 Å². The zero-order chi connectivity index (χ0) is 12.7. The van der Waals surface area contributed by atoms with E-state index in [0.717, 1.165) is 18.7 Å². The van der Waals surface area contributed by atoms with Crippen LogP contribution in [0.2, 0.25) is 0 Å². The fourth-order valence-electron chi connectivity index (χ4n) is 1.75. The lowest BCUT2D eigenvalue weighted by Gasteiger charge is -2.12. The van der Waals surface area contributed by atoms with Gasteiger partial charge in [-0.3, -0.25) is 9.48 Å². The normalized spacial score (nSPS) is 12.4. The van der Waals surface area contributed by atoms with E-state index in [0.29, 0.717) is 13.0 Å². The number of hydrogen-bond donors (Lipinski definition) is 2. The molecule has 0 fully saturated rings. The minimum atomic E-state index is 0.0978. The summed E-state index contributed by atoms with van der Waals surface area (Å²) < 4.78 is 1.83. The first-order valence-corrected chi connectivity index (χ1v) is 6.10. The summed E-state index contributed by atoms with van der Waals surface area (Å²) in [6, 6.07) is 2.20. The van der Waals surface area contributed by atoms with Gasteiger partial charge in [0.05, 0.1) is 0 Å². The molecule has 0 saturated heterocycles. The lowest BCUT2D eigenvalue weighted by Crippen LogP contribution is -2.34. The highest BCUT2D eigenvalue weighted by molar-refractivity contribution is 5.76. The van der Waals surface area contributed by atoms with E-state index in [1.165, 1.54) is 0 Å². The summed E-state index contributed by atoms with van der Waals surface area (Å²) in [5.41, 5.74) is 1.13. The second-order valence-corrected chi connectivity index (χ2v) is 4.21. The second kappa shape index (κ2) is 7.06. The molecule has 0 aliphatic carbocycles. The van der Waals surface area contributed by atoms with Crippen molar-refractivity contribution in [2.75, 3.05) is 13.1 Å². The quantitative estimate of drug-likeness (QED) is 0.726. The van der Waals surface area contributed by atoms with Crippen molar-refractivity contribution >= 4 is 5.91 Å². The van der Waals surface area contributed by atoms with Gasteiger partial charge in [-0.25, -0.2) is 0 Å². The molecule has 1 atom stereocenters. The number of aromatic nitrogens is 2. The van der Waals surface area contributed by atoms with Gasteiger partial charge in [0, 0.05) is 44.4 Å². The number of carbonyl (C=O) groups excluding carboxylic acids is 1. The summed E-state index contributed by atoms with van der Waals surface area (Å²) in [6.45, 7) is 5.61.